The molecule has 3 atom stereocenters. The molecule has 2 N–H and O–H groups in total. The molecule has 1 aromatic rings. The van der Waals surface area contributed by atoms with E-state index in [1.54, 1.807) is 4.90 Å². The number of nitrogens with one attached hydrogen (secondary N) is 1. The highest BCUT2D eigenvalue weighted by Gasteiger charge is 2.46. The van der Waals surface area contributed by atoms with Gasteiger partial charge >= 0.3 is 6.09 Å². The second-order valence-electron chi connectivity index (χ2n) is 13.3. The van der Waals surface area contributed by atoms with Crippen LogP contribution in [0.25, 0.3) is 0 Å². The Morgan fingerprint density at radius 3 is 2.29 bits per heavy atom. The fourth-order valence-corrected chi connectivity index (χ4v) is 5.55. The van der Waals surface area contributed by atoms with Gasteiger partial charge in [0.15, 0.2) is 0 Å². The lowest BCUT2D eigenvalue weighted by atomic mass is 9.72. The standard InChI is InChI=1S/C27H47N3O3S/c1-24(2,3)19-13-14-21(28-17-19)22(29-34(33)25(4,5)6)12-11-15-26(7,8)20-16-27(9,10)30(18-20)23(31)32/h13-14,17,20,22,29H,11-12,15-16,18H2,1-10H3,(H,31,32)/t20-,22?,34?/m1/s1. The van der Waals surface area contributed by atoms with E-state index >= 15 is 0 Å². The number of hydrogen-bond donors (Lipinski definition) is 2. The van der Waals surface area contributed by atoms with E-state index in [2.05, 4.69) is 51.5 Å². The number of carbonyl (C=O) groups is 1. The molecule has 0 saturated carbocycles. The van der Waals surface area contributed by atoms with Gasteiger partial charge in [-0.15, -0.1) is 4.72 Å². The molecule has 2 rings (SSSR count). The van der Waals surface area contributed by atoms with Gasteiger partial charge < -0.3 is 14.6 Å². The summed E-state index contributed by atoms with van der Waals surface area (Å²) in [6.45, 7) is 21.6. The van der Waals surface area contributed by atoms with Gasteiger partial charge in [0, 0.05) is 29.6 Å². The number of nitrogens with zero attached hydrogens (tertiary/aromatic N) is 2. The highest BCUT2D eigenvalue weighted by atomic mass is 32.2. The normalized spacial score (nSPS) is 20.9. The van der Waals surface area contributed by atoms with Crippen LogP contribution in [0.2, 0.25) is 0 Å². The third kappa shape index (κ3) is 7.34. The largest absolute Gasteiger partial charge is 0.598 e. The van der Waals surface area contributed by atoms with Crippen LogP contribution in [0.15, 0.2) is 18.3 Å². The smallest absolute Gasteiger partial charge is 0.407 e. The van der Waals surface area contributed by atoms with E-state index in [0.717, 1.165) is 31.4 Å². The van der Waals surface area contributed by atoms with Crippen LogP contribution in [0, 0.1) is 11.3 Å². The third-order valence-electron chi connectivity index (χ3n) is 7.34. The van der Waals surface area contributed by atoms with Gasteiger partial charge in [-0.2, -0.15) is 0 Å². The first-order valence-electron chi connectivity index (χ1n) is 12.5. The average molecular weight is 494 g/mol. The molecule has 2 heterocycles. The Labute approximate surface area is 210 Å². The Bertz CT molecular complexity index is 825. The van der Waals surface area contributed by atoms with Gasteiger partial charge in [0.2, 0.25) is 0 Å². The van der Waals surface area contributed by atoms with E-state index in [1.165, 1.54) is 5.56 Å². The van der Waals surface area contributed by atoms with Crippen molar-refractivity contribution in [1.82, 2.24) is 14.6 Å². The van der Waals surface area contributed by atoms with Crippen molar-refractivity contribution in [2.45, 2.75) is 117 Å². The lowest BCUT2D eigenvalue weighted by molar-refractivity contribution is 0.115. The topological polar surface area (TPSA) is 88.5 Å². The molecule has 1 aliphatic rings. The zero-order chi connectivity index (χ0) is 26.1. The molecule has 1 saturated heterocycles. The highest BCUT2D eigenvalue weighted by Crippen LogP contribution is 2.45. The van der Waals surface area contributed by atoms with Crippen molar-refractivity contribution >= 4 is 17.5 Å². The van der Waals surface area contributed by atoms with E-state index in [-0.39, 0.29) is 27.2 Å². The molecule has 0 radical (unpaired) electrons. The number of hydrogen-bond acceptors (Lipinski definition) is 4. The maximum absolute atomic E-state index is 12.9. The molecule has 0 spiro atoms. The van der Waals surface area contributed by atoms with Crippen LogP contribution < -0.4 is 4.72 Å². The van der Waals surface area contributed by atoms with Crippen LogP contribution in [-0.2, 0) is 16.8 Å². The molecule has 0 aliphatic carbocycles. The lowest BCUT2D eigenvalue weighted by Crippen LogP contribution is -2.41. The van der Waals surface area contributed by atoms with Crippen LogP contribution in [0.3, 0.4) is 0 Å². The summed E-state index contributed by atoms with van der Waals surface area (Å²) in [7, 11) is 0. The zero-order valence-corrected chi connectivity index (χ0v) is 23.8. The number of amides is 1. The highest BCUT2D eigenvalue weighted by molar-refractivity contribution is 7.90. The Morgan fingerprint density at radius 1 is 1.24 bits per heavy atom. The van der Waals surface area contributed by atoms with E-state index in [4.69, 9.17) is 4.98 Å². The van der Waals surface area contributed by atoms with E-state index in [9.17, 15) is 14.5 Å². The van der Waals surface area contributed by atoms with Crippen LogP contribution in [0.5, 0.6) is 0 Å². The Hall–Kier alpha value is -1.31. The molecule has 0 bridgehead atoms. The minimum Gasteiger partial charge on any atom is -0.598 e. The van der Waals surface area contributed by atoms with Gasteiger partial charge in [-0.1, -0.05) is 47.1 Å². The molecule has 1 fully saturated rings. The van der Waals surface area contributed by atoms with Crippen molar-refractivity contribution in [2.75, 3.05) is 6.54 Å². The van der Waals surface area contributed by atoms with Crippen LogP contribution in [-0.4, -0.2) is 42.5 Å². The molecule has 6 nitrogen and oxygen atoms in total. The molecule has 7 heteroatoms. The van der Waals surface area contributed by atoms with Gasteiger partial charge in [-0.25, -0.2) is 4.79 Å². The first-order chi connectivity index (χ1) is 15.3. The van der Waals surface area contributed by atoms with E-state index in [0.29, 0.717) is 12.5 Å². The van der Waals surface area contributed by atoms with Gasteiger partial charge in [0.25, 0.3) is 0 Å². The molecular formula is C27H47N3O3S. The minimum absolute atomic E-state index is 0.0126. The molecule has 1 aliphatic heterocycles. The van der Waals surface area contributed by atoms with Crippen LogP contribution in [0.4, 0.5) is 4.79 Å². The van der Waals surface area contributed by atoms with Gasteiger partial charge in [0.05, 0.1) is 11.7 Å². The summed E-state index contributed by atoms with van der Waals surface area (Å²) < 4.78 is 15.9. The van der Waals surface area contributed by atoms with Crippen molar-refractivity contribution in [2.24, 2.45) is 11.3 Å². The summed E-state index contributed by atoms with van der Waals surface area (Å²) in [4.78, 5) is 18.0. The Morgan fingerprint density at radius 2 is 1.85 bits per heavy atom. The summed E-state index contributed by atoms with van der Waals surface area (Å²) in [6.07, 6.45) is 4.72. The Kier molecular flexibility index (Phi) is 8.81. The fourth-order valence-electron chi connectivity index (χ4n) is 4.70. The third-order valence-corrected chi connectivity index (χ3v) is 8.96. The second-order valence-corrected chi connectivity index (χ2v) is 15.3. The molecule has 2 unspecified atom stereocenters. The average Bonchev–Trinajstić information content (AvgIpc) is 3.02. The van der Waals surface area contributed by atoms with Gasteiger partial charge in [0.1, 0.15) is 4.75 Å². The monoisotopic (exact) mass is 493 g/mol. The quantitative estimate of drug-likeness (QED) is 0.406. The minimum atomic E-state index is -1.20. The zero-order valence-electron chi connectivity index (χ0n) is 23.0. The van der Waals surface area contributed by atoms with Gasteiger partial charge in [-0.3, -0.25) is 4.98 Å². The fraction of sp³-hybridized carbons (Fsp3) is 0.778. The summed E-state index contributed by atoms with van der Waals surface area (Å²) >= 11 is -1.20. The second kappa shape index (κ2) is 10.4. The molecule has 0 aromatic carbocycles. The van der Waals surface area contributed by atoms with Crippen molar-refractivity contribution in [3.8, 4) is 0 Å². The number of rotatable bonds is 8. The van der Waals surface area contributed by atoms with Crippen molar-refractivity contribution < 1.29 is 14.5 Å². The van der Waals surface area contributed by atoms with Crippen LogP contribution >= 0.6 is 0 Å². The SMILES string of the molecule is CC(C)(C)c1ccc(C(CCCC(C)(C)[C@H]2CN(C(=O)O)C(C)(C)C2)N[S+]([O-])C(C)(C)C)nc1. The van der Waals surface area contributed by atoms with Crippen molar-refractivity contribution in [3.63, 3.8) is 0 Å². The van der Waals surface area contributed by atoms with Crippen molar-refractivity contribution in [1.29, 1.82) is 0 Å². The lowest BCUT2D eigenvalue weighted by Gasteiger charge is -2.33. The molecular weight excluding hydrogens is 446 g/mol. The predicted octanol–water partition coefficient (Wildman–Crippen LogP) is 6.45. The summed E-state index contributed by atoms with van der Waals surface area (Å²) in [5.41, 5.74) is 1.81. The van der Waals surface area contributed by atoms with E-state index < -0.39 is 17.5 Å². The Balaban J connectivity index is 2.12. The van der Waals surface area contributed by atoms with E-state index in [1.807, 2.05) is 40.8 Å². The number of aromatic nitrogens is 1. The van der Waals surface area contributed by atoms with Gasteiger partial charge in [-0.05, 0) is 82.3 Å². The predicted molar refractivity (Wildman–Crippen MR) is 141 cm³/mol. The first-order valence-corrected chi connectivity index (χ1v) is 13.6. The molecule has 1 amide bonds. The number of carboxylic acid groups (broad SMARTS) is 1. The molecule has 194 valence electrons. The molecule has 34 heavy (non-hydrogen) atoms. The van der Waals surface area contributed by atoms with Crippen LogP contribution in [0.1, 0.15) is 112 Å². The number of pyridine rings is 1. The number of likely N-dealkylation sites (tertiary alicyclic amines) is 1. The summed E-state index contributed by atoms with van der Waals surface area (Å²) in [5, 5.41) is 9.61. The maximum Gasteiger partial charge on any atom is 0.407 e. The first kappa shape index (κ1) is 28.9. The van der Waals surface area contributed by atoms with Crippen molar-refractivity contribution in [3.05, 3.63) is 29.6 Å². The maximum atomic E-state index is 12.9. The summed E-state index contributed by atoms with van der Waals surface area (Å²) in [5.74, 6) is 0.318. The summed E-state index contributed by atoms with van der Waals surface area (Å²) in [6, 6.07) is 4.09. The molecule has 1 aromatic heterocycles.